The Kier molecular flexibility index (Phi) is 2.68. The molecule has 0 spiro atoms. The first-order valence-corrected chi connectivity index (χ1v) is 3.73. The van der Waals surface area contributed by atoms with E-state index in [0.717, 1.165) is 6.54 Å². The van der Waals surface area contributed by atoms with Crippen LogP contribution in [0.1, 0.15) is 11.6 Å². The fourth-order valence-corrected chi connectivity index (χ4v) is 1.07. The van der Waals surface area contributed by atoms with Gasteiger partial charge in [-0.25, -0.2) is 0 Å². The summed E-state index contributed by atoms with van der Waals surface area (Å²) in [4.78, 5) is 5.07. The van der Waals surface area contributed by atoms with E-state index >= 15 is 0 Å². The average Bonchev–Trinajstić information content (AvgIpc) is 2.35. The molecular formula is C8H15N3. The quantitative estimate of drug-likeness (QED) is 0.667. The molecule has 0 aromatic carbocycles. The lowest BCUT2D eigenvalue weighted by Gasteiger charge is -2.15. The smallest absolute Gasteiger partial charge is 0.0439 e. The number of H-pyrrole nitrogens is 1. The van der Waals surface area contributed by atoms with Crippen LogP contribution in [-0.4, -0.2) is 30.5 Å². The average molecular weight is 153 g/mol. The second kappa shape index (κ2) is 3.55. The van der Waals surface area contributed by atoms with Crippen molar-refractivity contribution in [1.82, 2.24) is 9.88 Å². The molecule has 3 heteroatoms. The van der Waals surface area contributed by atoms with Crippen LogP contribution in [0.15, 0.2) is 18.5 Å². The van der Waals surface area contributed by atoms with E-state index < -0.39 is 0 Å². The van der Waals surface area contributed by atoms with Crippen LogP contribution in [0.4, 0.5) is 0 Å². The summed E-state index contributed by atoms with van der Waals surface area (Å²) in [7, 11) is 4.04. The number of hydrogen-bond acceptors (Lipinski definition) is 2. The predicted octanol–water partition coefficient (Wildman–Crippen LogP) is 0.576. The molecule has 0 bridgehead atoms. The molecule has 62 valence electrons. The minimum absolute atomic E-state index is 0.122. The van der Waals surface area contributed by atoms with Gasteiger partial charge < -0.3 is 15.6 Å². The highest BCUT2D eigenvalue weighted by Crippen LogP contribution is 2.08. The summed E-state index contributed by atoms with van der Waals surface area (Å²) >= 11 is 0. The van der Waals surface area contributed by atoms with Gasteiger partial charge >= 0.3 is 0 Å². The van der Waals surface area contributed by atoms with E-state index in [1.54, 1.807) is 0 Å². The monoisotopic (exact) mass is 153 g/mol. The molecule has 3 N–H and O–H groups in total. The Balaban J connectivity index is 2.49. The van der Waals surface area contributed by atoms with Gasteiger partial charge in [-0.3, -0.25) is 0 Å². The molecule has 0 saturated heterocycles. The van der Waals surface area contributed by atoms with Crippen molar-refractivity contribution >= 4 is 0 Å². The zero-order valence-electron chi connectivity index (χ0n) is 7.04. The van der Waals surface area contributed by atoms with Gasteiger partial charge in [-0.05, 0) is 25.7 Å². The fraction of sp³-hybridized carbons (Fsp3) is 0.500. The molecule has 0 saturated carbocycles. The third-order valence-electron chi connectivity index (χ3n) is 1.61. The zero-order valence-corrected chi connectivity index (χ0v) is 7.04. The number of nitrogens with zero attached hydrogens (tertiary/aromatic N) is 1. The maximum absolute atomic E-state index is 5.88. The molecule has 0 radical (unpaired) electrons. The van der Waals surface area contributed by atoms with Gasteiger partial charge in [-0.15, -0.1) is 0 Å². The van der Waals surface area contributed by atoms with Gasteiger partial charge in [-0.2, -0.15) is 0 Å². The Hall–Kier alpha value is -0.800. The first kappa shape index (κ1) is 8.30. The molecule has 1 atom stereocenters. The SMILES string of the molecule is CN(C)CC(N)c1cc[nH]c1. The van der Waals surface area contributed by atoms with Crippen LogP contribution in [0.2, 0.25) is 0 Å². The largest absolute Gasteiger partial charge is 0.367 e. The van der Waals surface area contributed by atoms with E-state index in [9.17, 15) is 0 Å². The summed E-state index contributed by atoms with van der Waals surface area (Å²) in [5.41, 5.74) is 7.04. The number of nitrogens with one attached hydrogen (secondary N) is 1. The van der Waals surface area contributed by atoms with Crippen molar-refractivity contribution in [3.8, 4) is 0 Å². The molecule has 1 aromatic heterocycles. The minimum Gasteiger partial charge on any atom is -0.367 e. The maximum atomic E-state index is 5.88. The lowest BCUT2D eigenvalue weighted by molar-refractivity contribution is 0.377. The molecule has 0 aliphatic carbocycles. The Morgan fingerprint density at radius 2 is 2.36 bits per heavy atom. The van der Waals surface area contributed by atoms with Crippen molar-refractivity contribution in [2.24, 2.45) is 5.73 Å². The zero-order chi connectivity index (χ0) is 8.27. The van der Waals surface area contributed by atoms with Gasteiger partial charge in [0.2, 0.25) is 0 Å². The highest BCUT2D eigenvalue weighted by atomic mass is 15.1. The van der Waals surface area contributed by atoms with Gasteiger partial charge in [0, 0.05) is 25.0 Å². The number of aromatic amines is 1. The normalized spacial score (nSPS) is 13.8. The van der Waals surface area contributed by atoms with Crippen molar-refractivity contribution < 1.29 is 0 Å². The molecule has 0 amide bonds. The minimum atomic E-state index is 0.122. The van der Waals surface area contributed by atoms with Crippen molar-refractivity contribution in [3.63, 3.8) is 0 Å². The number of nitrogens with two attached hydrogens (primary N) is 1. The van der Waals surface area contributed by atoms with Crippen LogP contribution in [0.5, 0.6) is 0 Å². The maximum Gasteiger partial charge on any atom is 0.0439 e. The summed E-state index contributed by atoms with van der Waals surface area (Å²) in [6, 6.07) is 2.13. The fourth-order valence-electron chi connectivity index (χ4n) is 1.07. The second-order valence-electron chi connectivity index (χ2n) is 3.01. The first-order valence-electron chi connectivity index (χ1n) is 3.73. The van der Waals surface area contributed by atoms with Crippen LogP contribution >= 0.6 is 0 Å². The van der Waals surface area contributed by atoms with E-state index in [2.05, 4.69) is 9.88 Å². The third kappa shape index (κ3) is 2.37. The van der Waals surface area contributed by atoms with Crippen molar-refractivity contribution in [1.29, 1.82) is 0 Å². The van der Waals surface area contributed by atoms with E-state index in [0.29, 0.717) is 0 Å². The Bertz CT molecular complexity index is 191. The highest BCUT2D eigenvalue weighted by Gasteiger charge is 2.05. The van der Waals surface area contributed by atoms with Crippen molar-refractivity contribution in [3.05, 3.63) is 24.0 Å². The van der Waals surface area contributed by atoms with Crippen LogP contribution in [0.25, 0.3) is 0 Å². The molecule has 1 heterocycles. The van der Waals surface area contributed by atoms with Crippen LogP contribution in [0, 0.1) is 0 Å². The summed E-state index contributed by atoms with van der Waals surface area (Å²) in [5, 5.41) is 0. The molecule has 1 rings (SSSR count). The molecule has 0 fully saturated rings. The number of likely N-dealkylation sites (N-methyl/N-ethyl adjacent to an activating group) is 1. The predicted molar refractivity (Wildman–Crippen MR) is 46.3 cm³/mol. The van der Waals surface area contributed by atoms with E-state index in [-0.39, 0.29) is 6.04 Å². The van der Waals surface area contributed by atoms with Crippen LogP contribution in [0.3, 0.4) is 0 Å². The van der Waals surface area contributed by atoms with Gasteiger partial charge in [-0.1, -0.05) is 0 Å². The molecule has 11 heavy (non-hydrogen) atoms. The third-order valence-corrected chi connectivity index (χ3v) is 1.61. The highest BCUT2D eigenvalue weighted by molar-refractivity contribution is 5.13. The van der Waals surface area contributed by atoms with Crippen LogP contribution in [-0.2, 0) is 0 Å². The molecule has 0 aliphatic heterocycles. The van der Waals surface area contributed by atoms with E-state index in [1.807, 2.05) is 32.6 Å². The number of hydrogen-bond donors (Lipinski definition) is 2. The molecule has 0 aliphatic rings. The Morgan fingerprint density at radius 3 is 2.82 bits per heavy atom. The van der Waals surface area contributed by atoms with Gasteiger partial charge in [0.15, 0.2) is 0 Å². The molecule has 1 aromatic rings. The molecular weight excluding hydrogens is 138 g/mol. The molecule has 1 unspecified atom stereocenters. The second-order valence-corrected chi connectivity index (χ2v) is 3.01. The van der Waals surface area contributed by atoms with E-state index in [1.165, 1.54) is 5.56 Å². The van der Waals surface area contributed by atoms with Gasteiger partial charge in [0.05, 0.1) is 0 Å². The molecule has 3 nitrogen and oxygen atoms in total. The summed E-state index contributed by atoms with van der Waals surface area (Å²) in [5.74, 6) is 0. The summed E-state index contributed by atoms with van der Waals surface area (Å²) < 4.78 is 0. The van der Waals surface area contributed by atoms with Crippen molar-refractivity contribution in [2.75, 3.05) is 20.6 Å². The van der Waals surface area contributed by atoms with Crippen molar-refractivity contribution in [2.45, 2.75) is 6.04 Å². The van der Waals surface area contributed by atoms with Gasteiger partial charge in [0.1, 0.15) is 0 Å². The lowest BCUT2D eigenvalue weighted by Crippen LogP contribution is -2.25. The standard InChI is InChI=1S/C8H15N3/c1-11(2)6-8(9)7-3-4-10-5-7/h3-5,8,10H,6,9H2,1-2H3. The Labute approximate surface area is 67.2 Å². The Morgan fingerprint density at radius 1 is 1.64 bits per heavy atom. The number of aromatic nitrogens is 1. The topological polar surface area (TPSA) is 45.0 Å². The summed E-state index contributed by atoms with van der Waals surface area (Å²) in [6.07, 6.45) is 3.83. The summed E-state index contributed by atoms with van der Waals surface area (Å²) in [6.45, 7) is 0.887. The van der Waals surface area contributed by atoms with Gasteiger partial charge in [0.25, 0.3) is 0 Å². The van der Waals surface area contributed by atoms with Crippen LogP contribution < -0.4 is 5.73 Å². The van der Waals surface area contributed by atoms with E-state index in [4.69, 9.17) is 5.73 Å². The lowest BCUT2D eigenvalue weighted by atomic mass is 10.1. The number of rotatable bonds is 3. The first-order chi connectivity index (χ1) is 5.20.